The van der Waals surface area contributed by atoms with Crippen molar-refractivity contribution in [2.24, 2.45) is 0 Å². The van der Waals surface area contributed by atoms with Crippen molar-refractivity contribution in [3.63, 3.8) is 0 Å². The van der Waals surface area contributed by atoms with E-state index in [4.69, 9.17) is 4.74 Å². The number of carbonyl (C=O) groups excluding carboxylic acids is 1. The molecule has 0 bridgehead atoms. The average Bonchev–Trinajstić information content (AvgIpc) is 2.46. The Hall–Kier alpha value is -2.21. The van der Waals surface area contributed by atoms with E-state index in [9.17, 15) is 9.59 Å². The molecule has 112 valence electrons. The molecule has 0 spiro atoms. The van der Waals surface area contributed by atoms with Crippen molar-refractivity contribution in [1.29, 1.82) is 0 Å². The lowest BCUT2D eigenvalue weighted by Crippen LogP contribution is -2.36. The van der Waals surface area contributed by atoms with Crippen LogP contribution in [0, 0.1) is 0 Å². The second-order valence-corrected chi connectivity index (χ2v) is 5.09. The Labute approximate surface area is 123 Å². The van der Waals surface area contributed by atoms with Crippen LogP contribution >= 0.6 is 0 Å². The van der Waals surface area contributed by atoms with Crippen LogP contribution < -0.4 is 5.56 Å². The lowest BCUT2D eigenvalue weighted by Gasteiger charge is -2.24. The molecule has 0 saturated heterocycles. The molecule has 0 fully saturated rings. The van der Waals surface area contributed by atoms with Crippen LogP contribution in [-0.4, -0.2) is 40.0 Å². The molecule has 0 N–H and O–H groups in total. The van der Waals surface area contributed by atoms with E-state index >= 15 is 0 Å². The first-order chi connectivity index (χ1) is 10.0. The minimum atomic E-state index is -0.304. The molecule has 2 aromatic heterocycles. The fourth-order valence-electron chi connectivity index (χ4n) is 2.04. The average molecular weight is 289 g/mol. The van der Waals surface area contributed by atoms with Gasteiger partial charge >= 0.3 is 5.97 Å². The molecule has 0 aliphatic carbocycles. The van der Waals surface area contributed by atoms with Gasteiger partial charge < -0.3 is 4.74 Å². The summed E-state index contributed by atoms with van der Waals surface area (Å²) in [5.74, 6) is -0.304. The van der Waals surface area contributed by atoms with Crippen LogP contribution in [0.1, 0.15) is 19.5 Å². The van der Waals surface area contributed by atoms with Crippen LogP contribution in [0.4, 0.5) is 0 Å². The zero-order valence-corrected chi connectivity index (χ0v) is 12.4. The Morgan fingerprint density at radius 1 is 1.43 bits per heavy atom. The molecular formula is C15H19N3O3. The number of aromatic nitrogens is 2. The Morgan fingerprint density at radius 3 is 2.86 bits per heavy atom. The number of esters is 1. The Bertz CT molecular complexity index is 694. The highest BCUT2D eigenvalue weighted by Crippen LogP contribution is 2.06. The quantitative estimate of drug-likeness (QED) is 0.771. The summed E-state index contributed by atoms with van der Waals surface area (Å²) in [6.45, 7) is 4.56. The first kappa shape index (κ1) is 15.2. The van der Waals surface area contributed by atoms with Gasteiger partial charge in [0.25, 0.3) is 5.56 Å². The molecule has 2 rings (SSSR count). The van der Waals surface area contributed by atoms with Gasteiger partial charge in [-0.05, 0) is 26.0 Å². The van der Waals surface area contributed by atoms with Gasteiger partial charge in [0.2, 0.25) is 0 Å². The number of hydrogen-bond donors (Lipinski definition) is 0. The molecule has 0 aromatic carbocycles. The number of ether oxygens (including phenoxy) is 1. The van der Waals surface area contributed by atoms with Crippen molar-refractivity contribution >= 4 is 11.6 Å². The lowest BCUT2D eigenvalue weighted by molar-refractivity contribution is -0.142. The number of nitrogens with zero attached hydrogens (tertiary/aromatic N) is 3. The molecule has 6 heteroatoms. The van der Waals surface area contributed by atoms with Crippen molar-refractivity contribution in [2.45, 2.75) is 26.4 Å². The highest BCUT2D eigenvalue weighted by molar-refractivity contribution is 5.71. The molecular weight excluding hydrogens is 270 g/mol. The number of fused-ring (bicyclic) bond motifs is 1. The Balaban J connectivity index is 2.28. The van der Waals surface area contributed by atoms with Crippen LogP contribution in [0.2, 0.25) is 0 Å². The largest absolute Gasteiger partial charge is 0.468 e. The summed E-state index contributed by atoms with van der Waals surface area (Å²) in [6.07, 6.45) is 1.68. The van der Waals surface area contributed by atoms with E-state index < -0.39 is 0 Å². The van der Waals surface area contributed by atoms with Crippen molar-refractivity contribution in [1.82, 2.24) is 14.3 Å². The summed E-state index contributed by atoms with van der Waals surface area (Å²) in [5, 5.41) is 0. The first-order valence-corrected chi connectivity index (χ1v) is 6.79. The molecule has 21 heavy (non-hydrogen) atoms. The van der Waals surface area contributed by atoms with Crippen molar-refractivity contribution in [2.75, 3.05) is 13.7 Å². The maximum Gasteiger partial charge on any atom is 0.319 e. The van der Waals surface area contributed by atoms with Gasteiger partial charge in [0.05, 0.1) is 19.3 Å². The van der Waals surface area contributed by atoms with Crippen LogP contribution in [0.15, 0.2) is 35.3 Å². The Kier molecular flexibility index (Phi) is 4.70. The number of methoxy groups -OCH3 is 1. The molecule has 2 heterocycles. The third-order valence-electron chi connectivity index (χ3n) is 3.28. The third-order valence-corrected chi connectivity index (χ3v) is 3.28. The van der Waals surface area contributed by atoms with Gasteiger partial charge in [-0.15, -0.1) is 0 Å². The molecule has 0 unspecified atom stereocenters. The fourth-order valence-corrected chi connectivity index (χ4v) is 2.04. The standard InChI is InChI=1S/C15H19N3O3/c1-11(2)17(10-15(20)21-3)9-12-8-14(19)18-7-5-4-6-13(18)16-12/h4-8,11H,9-10H2,1-3H3. The third kappa shape index (κ3) is 3.66. The maximum absolute atomic E-state index is 12.0. The van der Waals surface area contributed by atoms with Crippen molar-refractivity contribution in [3.8, 4) is 0 Å². The minimum absolute atomic E-state index is 0.127. The van der Waals surface area contributed by atoms with Gasteiger partial charge in [0, 0.05) is 24.8 Å². The summed E-state index contributed by atoms with van der Waals surface area (Å²) in [5.41, 5.74) is 1.11. The summed E-state index contributed by atoms with van der Waals surface area (Å²) >= 11 is 0. The van der Waals surface area contributed by atoms with E-state index in [1.54, 1.807) is 18.3 Å². The molecule has 0 atom stereocenters. The highest BCUT2D eigenvalue weighted by atomic mass is 16.5. The topological polar surface area (TPSA) is 63.9 Å². The Morgan fingerprint density at radius 2 is 2.19 bits per heavy atom. The van der Waals surface area contributed by atoms with Gasteiger partial charge in [0.1, 0.15) is 5.65 Å². The zero-order chi connectivity index (χ0) is 15.4. The van der Waals surface area contributed by atoms with E-state index in [2.05, 4.69) is 4.98 Å². The highest BCUT2D eigenvalue weighted by Gasteiger charge is 2.16. The van der Waals surface area contributed by atoms with E-state index in [0.29, 0.717) is 17.9 Å². The van der Waals surface area contributed by atoms with E-state index in [1.165, 1.54) is 17.6 Å². The van der Waals surface area contributed by atoms with Crippen molar-refractivity contribution < 1.29 is 9.53 Å². The van der Waals surface area contributed by atoms with Crippen LogP contribution in [0.5, 0.6) is 0 Å². The summed E-state index contributed by atoms with van der Waals surface area (Å²) in [4.78, 5) is 29.9. The normalized spacial score (nSPS) is 11.3. The number of hydrogen-bond acceptors (Lipinski definition) is 5. The zero-order valence-electron chi connectivity index (χ0n) is 12.4. The SMILES string of the molecule is COC(=O)CN(Cc1cc(=O)n2ccccc2n1)C(C)C. The van der Waals surface area contributed by atoms with Crippen molar-refractivity contribution in [3.05, 3.63) is 46.5 Å². The molecule has 2 aromatic rings. The molecule has 6 nitrogen and oxygen atoms in total. The van der Waals surface area contributed by atoms with Crippen LogP contribution in [-0.2, 0) is 16.1 Å². The van der Waals surface area contributed by atoms with E-state index in [-0.39, 0.29) is 24.1 Å². The molecule has 0 radical (unpaired) electrons. The fraction of sp³-hybridized carbons (Fsp3) is 0.400. The maximum atomic E-state index is 12.0. The second-order valence-electron chi connectivity index (χ2n) is 5.09. The molecule has 0 aliphatic rings. The first-order valence-electron chi connectivity index (χ1n) is 6.79. The predicted molar refractivity (Wildman–Crippen MR) is 79.0 cm³/mol. The summed E-state index contributed by atoms with van der Waals surface area (Å²) < 4.78 is 6.19. The van der Waals surface area contributed by atoms with Gasteiger partial charge in [-0.25, -0.2) is 4.98 Å². The second kappa shape index (κ2) is 6.49. The van der Waals surface area contributed by atoms with Gasteiger partial charge in [-0.1, -0.05) is 6.07 Å². The molecule has 0 saturated carbocycles. The van der Waals surface area contributed by atoms with E-state index in [1.807, 2.05) is 24.8 Å². The number of carbonyl (C=O) groups is 1. The lowest BCUT2D eigenvalue weighted by atomic mass is 10.2. The van der Waals surface area contributed by atoms with Crippen LogP contribution in [0.25, 0.3) is 5.65 Å². The number of rotatable bonds is 5. The summed E-state index contributed by atoms with van der Waals surface area (Å²) in [7, 11) is 1.36. The minimum Gasteiger partial charge on any atom is -0.468 e. The monoisotopic (exact) mass is 289 g/mol. The summed E-state index contributed by atoms with van der Waals surface area (Å²) in [6, 6.07) is 7.04. The van der Waals surface area contributed by atoms with Gasteiger partial charge in [0.15, 0.2) is 0 Å². The predicted octanol–water partition coefficient (Wildman–Crippen LogP) is 1.08. The number of pyridine rings is 1. The smallest absolute Gasteiger partial charge is 0.319 e. The van der Waals surface area contributed by atoms with Gasteiger partial charge in [-0.3, -0.25) is 18.9 Å². The van der Waals surface area contributed by atoms with Gasteiger partial charge in [-0.2, -0.15) is 0 Å². The molecule has 0 amide bonds. The van der Waals surface area contributed by atoms with Crippen LogP contribution in [0.3, 0.4) is 0 Å². The molecule has 0 aliphatic heterocycles. The van der Waals surface area contributed by atoms with E-state index in [0.717, 1.165) is 0 Å².